The third kappa shape index (κ3) is 4.06. The van der Waals surface area contributed by atoms with Crippen LogP contribution in [0.5, 0.6) is 0 Å². The SMILES string of the molecule is Cl.Cl.O=C(Nc1cccc2ncccc12)[C@@H]1CCCNC1. The Balaban J connectivity index is 0.00000110. The first-order valence-electron chi connectivity index (χ1n) is 6.70. The summed E-state index contributed by atoms with van der Waals surface area (Å²) in [5.74, 6) is 0.171. The molecule has 1 amide bonds. The highest BCUT2D eigenvalue weighted by Gasteiger charge is 2.21. The number of nitrogens with zero attached hydrogens (tertiary/aromatic N) is 1. The van der Waals surface area contributed by atoms with Gasteiger partial charge in [0, 0.05) is 18.1 Å². The van der Waals surface area contributed by atoms with Crippen molar-refractivity contribution in [2.24, 2.45) is 5.92 Å². The number of halogens is 2. The van der Waals surface area contributed by atoms with Crippen LogP contribution in [0.15, 0.2) is 36.5 Å². The average Bonchev–Trinajstić information content (AvgIpc) is 2.48. The number of amides is 1. The number of aromatic nitrogens is 1. The fourth-order valence-electron chi connectivity index (χ4n) is 2.52. The van der Waals surface area contributed by atoms with Crippen LogP contribution in [0.1, 0.15) is 12.8 Å². The summed E-state index contributed by atoms with van der Waals surface area (Å²) in [5.41, 5.74) is 1.75. The lowest BCUT2D eigenvalue weighted by Crippen LogP contribution is -2.37. The zero-order valence-corrected chi connectivity index (χ0v) is 13.2. The molecule has 2 heterocycles. The van der Waals surface area contributed by atoms with E-state index in [9.17, 15) is 4.79 Å². The zero-order valence-electron chi connectivity index (χ0n) is 11.5. The highest BCUT2D eigenvalue weighted by molar-refractivity contribution is 6.01. The van der Waals surface area contributed by atoms with E-state index < -0.39 is 0 Å². The quantitative estimate of drug-likeness (QED) is 0.891. The van der Waals surface area contributed by atoms with Gasteiger partial charge in [0.1, 0.15) is 0 Å². The van der Waals surface area contributed by atoms with Crippen molar-refractivity contribution in [3.8, 4) is 0 Å². The Morgan fingerprint density at radius 2 is 2.10 bits per heavy atom. The molecule has 0 saturated carbocycles. The van der Waals surface area contributed by atoms with Crippen molar-refractivity contribution in [1.29, 1.82) is 0 Å². The lowest BCUT2D eigenvalue weighted by atomic mass is 9.98. The van der Waals surface area contributed by atoms with Gasteiger partial charge in [-0.15, -0.1) is 24.8 Å². The predicted molar refractivity (Wildman–Crippen MR) is 90.5 cm³/mol. The summed E-state index contributed by atoms with van der Waals surface area (Å²) in [7, 11) is 0. The third-order valence-electron chi connectivity index (χ3n) is 3.57. The number of hydrogen-bond donors (Lipinski definition) is 2. The van der Waals surface area contributed by atoms with E-state index in [2.05, 4.69) is 15.6 Å². The van der Waals surface area contributed by atoms with E-state index in [1.54, 1.807) is 6.20 Å². The van der Waals surface area contributed by atoms with Gasteiger partial charge in [0.2, 0.25) is 5.91 Å². The summed E-state index contributed by atoms with van der Waals surface area (Å²) in [6.07, 6.45) is 3.79. The minimum absolute atomic E-state index is 0. The van der Waals surface area contributed by atoms with Gasteiger partial charge >= 0.3 is 0 Å². The molecule has 1 fully saturated rings. The molecule has 2 aromatic rings. The summed E-state index contributed by atoms with van der Waals surface area (Å²) >= 11 is 0. The zero-order chi connectivity index (χ0) is 13.1. The Bertz CT molecular complexity index is 595. The Hall–Kier alpha value is -1.36. The molecule has 3 rings (SSSR count). The molecular weight excluding hydrogens is 309 g/mol. The van der Waals surface area contributed by atoms with Crippen molar-refractivity contribution < 1.29 is 4.79 Å². The first-order chi connectivity index (χ1) is 9.34. The van der Waals surface area contributed by atoms with Gasteiger partial charge in [-0.25, -0.2) is 0 Å². The number of anilines is 1. The van der Waals surface area contributed by atoms with Gasteiger partial charge in [-0.1, -0.05) is 6.07 Å². The van der Waals surface area contributed by atoms with Crippen LogP contribution >= 0.6 is 24.8 Å². The van der Waals surface area contributed by atoms with E-state index in [0.29, 0.717) is 0 Å². The molecule has 21 heavy (non-hydrogen) atoms. The van der Waals surface area contributed by atoms with Crippen molar-refractivity contribution in [3.63, 3.8) is 0 Å². The number of hydrogen-bond acceptors (Lipinski definition) is 3. The largest absolute Gasteiger partial charge is 0.325 e. The van der Waals surface area contributed by atoms with E-state index in [1.807, 2.05) is 30.3 Å². The van der Waals surface area contributed by atoms with Crippen LogP contribution in [0.25, 0.3) is 10.9 Å². The molecule has 6 heteroatoms. The first kappa shape index (κ1) is 17.7. The van der Waals surface area contributed by atoms with E-state index in [0.717, 1.165) is 42.5 Å². The number of fused-ring (bicyclic) bond motifs is 1. The van der Waals surface area contributed by atoms with E-state index >= 15 is 0 Å². The molecule has 1 saturated heterocycles. The van der Waals surface area contributed by atoms with Crippen molar-refractivity contribution in [3.05, 3.63) is 36.5 Å². The second kappa shape index (κ2) is 8.17. The molecule has 0 radical (unpaired) electrons. The van der Waals surface area contributed by atoms with E-state index in [1.165, 1.54) is 0 Å². The van der Waals surface area contributed by atoms with Gasteiger partial charge in [-0.05, 0) is 43.7 Å². The highest BCUT2D eigenvalue weighted by Crippen LogP contribution is 2.22. The average molecular weight is 328 g/mol. The lowest BCUT2D eigenvalue weighted by molar-refractivity contribution is -0.120. The molecule has 1 aromatic heterocycles. The van der Waals surface area contributed by atoms with Gasteiger partial charge in [0.25, 0.3) is 0 Å². The number of piperidine rings is 1. The Labute approximate surface area is 136 Å². The van der Waals surface area contributed by atoms with Crippen LogP contribution in [-0.2, 0) is 4.79 Å². The summed E-state index contributed by atoms with van der Waals surface area (Å²) in [6, 6.07) is 9.67. The van der Waals surface area contributed by atoms with Crippen LogP contribution < -0.4 is 10.6 Å². The van der Waals surface area contributed by atoms with Crippen LogP contribution in [0.2, 0.25) is 0 Å². The molecule has 2 N–H and O–H groups in total. The molecular formula is C15H19Cl2N3O. The second-order valence-corrected chi connectivity index (χ2v) is 4.91. The topological polar surface area (TPSA) is 54.0 Å². The predicted octanol–water partition coefficient (Wildman–Crippen LogP) is 3.02. The van der Waals surface area contributed by atoms with E-state index in [-0.39, 0.29) is 36.6 Å². The maximum atomic E-state index is 12.2. The van der Waals surface area contributed by atoms with Crippen molar-refractivity contribution in [1.82, 2.24) is 10.3 Å². The molecule has 1 aromatic carbocycles. The van der Waals surface area contributed by atoms with Crippen LogP contribution in [-0.4, -0.2) is 24.0 Å². The molecule has 0 spiro atoms. The van der Waals surface area contributed by atoms with Gasteiger partial charge in [-0.3, -0.25) is 9.78 Å². The summed E-state index contributed by atoms with van der Waals surface area (Å²) < 4.78 is 0. The van der Waals surface area contributed by atoms with Gasteiger partial charge in [0.15, 0.2) is 0 Å². The molecule has 4 nitrogen and oxygen atoms in total. The lowest BCUT2D eigenvalue weighted by Gasteiger charge is -2.22. The molecule has 0 bridgehead atoms. The number of benzene rings is 1. The maximum absolute atomic E-state index is 12.2. The normalized spacial score (nSPS) is 17.4. The standard InChI is InChI=1S/C15H17N3O.2ClH/c19-15(11-4-2-8-16-10-11)18-14-7-1-6-13-12(14)5-3-9-17-13;;/h1,3,5-7,9,11,16H,2,4,8,10H2,(H,18,19);2*1H/t11-;;/m1../s1. The first-order valence-corrected chi connectivity index (χ1v) is 6.70. The van der Waals surface area contributed by atoms with Gasteiger partial charge in [-0.2, -0.15) is 0 Å². The molecule has 114 valence electrons. The molecule has 1 atom stereocenters. The number of nitrogens with one attached hydrogen (secondary N) is 2. The van der Waals surface area contributed by atoms with Crippen LogP contribution in [0.3, 0.4) is 0 Å². The fourth-order valence-corrected chi connectivity index (χ4v) is 2.52. The number of carbonyl (C=O) groups is 1. The highest BCUT2D eigenvalue weighted by atomic mass is 35.5. The summed E-state index contributed by atoms with van der Waals surface area (Å²) in [5, 5.41) is 7.29. The van der Waals surface area contributed by atoms with Gasteiger partial charge < -0.3 is 10.6 Å². The Morgan fingerprint density at radius 1 is 1.24 bits per heavy atom. The number of pyridine rings is 1. The Kier molecular flexibility index (Phi) is 6.89. The van der Waals surface area contributed by atoms with Crippen molar-refractivity contribution >= 4 is 47.3 Å². The fraction of sp³-hybridized carbons (Fsp3) is 0.333. The monoisotopic (exact) mass is 327 g/mol. The maximum Gasteiger partial charge on any atom is 0.228 e. The smallest absolute Gasteiger partial charge is 0.228 e. The number of rotatable bonds is 2. The molecule has 1 aliphatic heterocycles. The van der Waals surface area contributed by atoms with Crippen LogP contribution in [0, 0.1) is 5.92 Å². The van der Waals surface area contributed by atoms with Crippen molar-refractivity contribution in [2.75, 3.05) is 18.4 Å². The third-order valence-corrected chi connectivity index (χ3v) is 3.57. The Morgan fingerprint density at radius 3 is 2.86 bits per heavy atom. The molecule has 1 aliphatic rings. The minimum Gasteiger partial charge on any atom is -0.325 e. The molecule has 0 unspecified atom stereocenters. The summed E-state index contributed by atoms with van der Waals surface area (Å²) in [6.45, 7) is 1.79. The van der Waals surface area contributed by atoms with Crippen LogP contribution in [0.4, 0.5) is 5.69 Å². The summed E-state index contributed by atoms with van der Waals surface area (Å²) in [4.78, 5) is 16.5. The number of carbonyl (C=O) groups excluding carboxylic acids is 1. The molecule has 0 aliphatic carbocycles. The second-order valence-electron chi connectivity index (χ2n) is 4.91. The minimum atomic E-state index is 0. The van der Waals surface area contributed by atoms with Gasteiger partial charge in [0.05, 0.1) is 17.1 Å². The van der Waals surface area contributed by atoms with Crippen molar-refractivity contribution in [2.45, 2.75) is 12.8 Å². The van der Waals surface area contributed by atoms with E-state index in [4.69, 9.17) is 0 Å².